The Morgan fingerprint density at radius 2 is 1.81 bits per heavy atom. The number of hydrogen-bond acceptors (Lipinski definition) is 2. The van der Waals surface area contributed by atoms with Gasteiger partial charge in [0.05, 0.1) is 0 Å². The molecule has 2 aliphatic carbocycles. The highest BCUT2D eigenvalue weighted by atomic mass is 16.5. The van der Waals surface area contributed by atoms with Gasteiger partial charge in [-0.05, 0) is 37.5 Å². The van der Waals surface area contributed by atoms with Crippen LogP contribution in [0.5, 0.6) is 0 Å². The predicted molar refractivity (Wildman–Crippen MR) is 64.0 cm³/mol. The molecular formula is C14H24O2. The minimum absolute atomic E-state index is 0.121. The van der Waals surface area contributed by atoms with Gasteiger partial charge in [0.15, 0.2) is 0 Å². The fourth-order valence-corrected chi connectivity index (χ4v) is 3.92. The van der Waals surface area contributed by atoms with Gasteiger partial charge in [-0.2, -0.15) is 0 Å². The Morgan fingerprint density at radius 1 is 1.12 bits per heavy atom. The molecule has 0 aromatic carbocycles. The van der Waals surface area contributed by atoms with Gasteiger partial charge in [0.25, 0.3) is 0 Å². The van der Waals surface area contributed by atoms with Crippen molar-refractivity contribution in [1.82, 2.24) is 0 Å². The van der Waals surface area contributed by atoms with E-state index in [0.717, 1.165) is 11.8 Å². The van der Waals surface area contributed by atoms with E-state index in [9.17, 15) is 4.79 Å². The van der Waals surface area contributed by atoms with E-state index in [2.05, 4.69) is 6.92 Å². The summed E-state index contributed by atoms with van der Waals surface area (Å²) >= 11 is 0. The van der Waals surface area contributed by atoms with Crippen LogP contribution >= 0.6 is 0 Å². The number of esters is 1. The topological polar surface area (TPSA) is 26.3 Å². The molecule has 0 N–H and O–H groups in total. The summed E-state index contributed by atoms with van der Waals surface area (Å²) in [6, 6.07) is 0. The molecule has 0 aromatic rings. The summed E-state index contributed by atoms with van der Waals surface area (Å²) in [5.74, 6) is 2.26. The molecule has 2 aliphatic rings. The molecular weight excluding hydrogens is 200 g/mol. The molecule has 0 heterocycles. The molecule has 2 heteroatoms. The zero-order chi connectivity index (χ0) is 11.5. The van der Waals surface area contributed by atoms with Crippen LogP contribution in [0.4, 0.5) is 0 Å². The van der Waals surface area contributed by atoms with Crippen LogP contribution in [0.3, 0.4) is 0 Å². The summed E-state index contributed by atoms with van der Waals surface area (Å²) in [7, 11) is 0. The van der Waals surface area contributed by atoms with E-state index >= 15 is 0 Å². The smallest absolute Gasteiger partial charge is 0.302 e. The first-order chi connectivity index (χ1) is 7.68. The predicted octanol–water partition coefficient (Wildman–Crippen LogP) is 3.54. The first-order valence-corrected chi connectivity index (χ1v) is 6.85. The van der Waals surface area contributed by atoms with Crippen LogP contribution in [0.2, 0.25) is 0 Å². The summed E-state index contributed by atoms with van der Waals surface area (Å²) < 4.78 is 5.39. The Bertz CT molecular complexity index is 243. The molecule has 0 bridgehead atoms. The zero-order valence-electron chi connectivity index (χ0n) is 10.6. The van der Waals surface area contributed by atoms with Gasteiger partial charge in [0, 0.05) is 6.92 Å². The molecule has 2 rings (SSSR count). The minimum Gasteiger partial charge on any atom is -0.463 e. The summed E-state index contributed by atoms with van der Waals surface area (Å²) in [6.45, 7) is 3.61. The van der Waals surface area contributed by atoms with E-state index in [1.807, 2.05) is 0 Å². The second kappa shape index (κ2) is 5.20. The van der Waals surface area contributed by atoms with Crippen molar-refractivity contribution in [3.05, 3.63) is 0 Å². The van der Waals surface area contributed by atoms with Gasteiger partial charge in [-0.1, -0.05) is 32.1 Å². The third-order valence-electron chi connectivity index (χ3n) is 4.58. The molecule has 2 unspecified atom stereocenters. The highest BCUT2D eigenvalue weighted by Gasteiger charge is 2.38. The van der Waals surface area contributed by atoms with Crippen LogP contribution in [-0.2, 0) is 9.53 Å². The molecule has 0 saturated heterocycles. The van der Waals surface area contributed by atoms with E-state index < -0.39 is 0 Å². The Labute approximate surface area is 98.7 Å². The number of carbonyl (C=O) groups is 1. The molecule has 3 atom stereocenters. The second-order valence-corrected chi connectivity index (χ2v) is 5.62. The lowest BCUT2D eigenvalue weighted by Crippen LogP contribution is -2.29. The second-order valence-electron chi connectivity index (χ2n) is 5.62. The van der Waals surface area contributed by atoms with E-state index in [4.69, 9.17) is 4.74 Å². The number of rotatable bonds is 3. The SMILES string of the molecule is CC(=O)OC(C)[C@@H]1CCCC1C1CCCC1. The minimum atomic E-state index is -0.121. The van der Waals surface area contributed by atoms with Gasteiger partial charge in [-0.15, -0.1) is 0 Å². The summed E-state index contributed by atoms with van der Waals surface area (Å²) in [5.41, 5.74) is 0. The van der Waals surface area contributed by atoms with Crippen molar-refractivity contribution in [2.45, 2.75) is 64.9 Å². The molecule has 2 saturated carbocycles. The van der Waals surface area contributed by atoms with Crippen LogP contribution in [-0.4, -0.2) is 12.1 Å². The fraction of sp³-hybridized carbons (Fsp3) is 0.929. The standard InChI is InChI=1S/C14H24O2/c1-10(16-11(2)15)13-8-5-9-14(13)12-6-3-4-7-12/h10,12-14H,3-9H2,1-2H3/t10?,13-,14?/m0/s1. The lowest BCUT2D eigenvalue weighted by atomic mass is 9.80. The third-order valence-corrected chi connectivity index (χ3v) is 4.58. The zero-order valence-corrected chi connectivity index (χ0v) is 10.6. The fourth-order valence-electron chi connectivity index (χ4n) is 3.92. The molecule has 0 spiro atoms. The first-order valence-electron chi connectivity index (χ1n) is 6.85. The Hall–Kier alpha value is -0.530. The molecule has 0 radical (unpaired) electrons. The molecule has 0 aliphatic heterocycles. The van der Waals surface area contributed by atoms with Gasteiger partial charge < -0.3 is 4.74 Å². The van der Waals surface area contributed by atoms with Crippen molar-refractivity contribution >= 4 is 5.97 Å². The maximum atomic E-state index is 11.0. The van der Waals surface area contributed by atoms with Gasteiger partial charge in [0.2, 0.25) is 0 Å². The van der Waals surface area contributed by atoms with Crippen molar-refractivity contribution in [2.24, 2.45) is 17.8 Å². The molecule has 0 aromatic heterocycles. The quantitative estimate of drug-likeness (QED) is 0.685. The number of hydrogen-bond donors (Lipinski definition) is 0. The largest absolute Gasteiger partial charge is 0.463 e. The van der Waals surface area contributed by atoms with Crippen LogP contribution < -0.4 is 0 Å². The maximum Gasteiger partial charge on any atom is 0.302 e. The van der Waals surface area contributed by atoms with Crippen LogP contribution in [0, 0.1) is 17.8 Å². The van der Waals surface area contributed by atoms with Crippen molar-refractivity contribution in [3.63, 3.8) is 0 Å². The summed E-state index contributed by atoms with van der Waals surface area (Å²) in [4.78, 5) is 11.0. The lowest BCUT2D eigenvalue weighted by Gasteiger charge is -2.29. The number of carbonyl (C=O) groups excluding carboxylic acids is 1. The lowest BCUT2D eigenvalue weighted by molar-refractivity contribution is -0.149. The van der Waals surface area contributed by atoms with E-state index in [-0.39, 0.29) is 12.1 Å². The Kier molecular flexibility index (Phi) is 3.88. The Balaban J connectivity index is 1.93. The van der Waals surface area contributed by atoms with Gasteiger partial charge in [0.1, 0.15) is 6.10 Å². The van der Waals surface area contributed by atoms with E-state index in [1.54, 1.807) is 0 Å². The normalized spacial score (nSPS) is 32.9. The molecule has 0 amide bonds. The summed E-state index contributed by atoms with van der Waals surface area (Å²) in [6.07, 6.45) is 9.73. The average molecular weight is 224 g/mol. The molecule has 2 fully saturated rings. The van der Waals surface area contributed by atoms with Gasteiger partial charge >= 0.3 is 5.97 Å². The summed E-state index contributed by atoms with van der Waals surface area (Å²) in [5, 5.41) is 0. The molecule has 92 valence electrons. The van der Waals surface area contributed by atoms with Crippen molar-refractivity contribution < 1.29 is 9.53 Å². The highest BCUT2D eigenvalue weighted by molar-refractivity contribution is 5.66. The monoisotopic (exact) mass is 224 g/mol. The van der Waals surface area contributed by atoms with Crippen LogP contribution in [0.25, 0.3) is 0 Å². The van der Waals surface area contributed by atoms with Crippen molar-refractivity contribution in [1.29, 1.82) is 0 Å². The van der Waals surface area contributed by atoms with Crippen molar-refractivity contribution in [3.8, 4) is 0 Å². The van der Waals surface area contributed by atoms with E-state index in [0.29, 0.717) is 5.92 Å². The maximum absolute atomic E-state index is 11.0. The van der Waals surface area contributed by atoms with E-state index in [1.165, 1.54) is 51.9 Å². The molecule has 16 heavy (non-hydrogen) atoms. The van der Waals surface area contributed by atoms with Gasteiger partial charge in [-0.25, -0.2) is 0 Å². The van der Waals surface area contributed by atoms with Crippen LogP contribution in [0.15, 0.2) is 0 Å². The first kappa shape index (κ1) is 11.9. The van der Waals surface area contributed by atoms with Crippen LogP contribution in [0.1, 0.15) is 58.8 Å². The average Bonchev–Trinajstić information content (AvgIpc) is 2.87. The number of ether oxygens (including phenoxy) is 1. The highest BCUT2D eigenvalue weighted by Crippen LogP contribution is 2.45. The van der Waals surface area contributed by atoms with Gasteiger partial charge in [-0.3, -0.25) is 4.79 Å². The Morgan fingerprint density at radius 3 is 2.44 bits per heavy atom. The third kappa shape index (κ3) is 2.58. The molecule has 2 nitrogen and oxygen atoms in total. The van der Waals surface area contributed by atoms with Crippen molar-refractivity contribution in [2.75, 3.05) is 0 Å².